The van der Waals surface area contributed by atoms with Crippen LogP contribution < -0.4 is 20.9 Å². The molecule has 4 N–H and O–H groups in total. The van der Waals surface area contributed by atoms with E-state index in [1.54, 1.807) is 25.1 Å². The van der Waals surface area contributed by atoms with Crippen molar-refractivity contribution in [2.45, 2.75) is 6.92 Å². The highest BCUT2D eigenvalue weighted by Crippen LogP contribution is 2.27. The highest BCUT2D eigenvalue weighted by Gasteiger charge is 2.08. The predicted molar refractivity (Wildman–Crippen MR) is 75.0 cm³/mol. The number of pyridine rings is 1. The fourth-order valence-corrected chi connectivity index (χ4v) is 1.62. The lowest BCUT2D eigenvalue weighted by Gasteiger charge is -2.09. The van der Waals surface area contributed by atoms with Crippen LogP contribution in [0.3, 0.4) is 0 Å². The Bertz CT molecular complexity index is 656. The number of aromatic nitrogens is 1. The van der Waals surface area contributed by atoms with Gasteiger partial charge < -0.3 is 20.9 Å². The Balaban J connectivity index is 2.34. The first-order valence-electron chi connectivity index (χ1n) is 5.89. The largest absolute Gasteiger partial charge is 0.497 e. The van der Waals surface area contributed by atoms with Gasteiger partial charge in [0, 0.05) is 17.7 Å². The standard InChI is InChI=1S/C14H15N3O3/c1-8-12(15)3-4-13(17-8)20-11-6-9(14(16)18)5-10(7-11)19-2/h3-7H,15H2,1-2H3,(H2,16,18). The van der Waals surface area contributed by atoms with Crippen molar-refractivity contribution >= 4 is 11.6 Å². The summed E-state index contributed by atoms with van der Waals surface area (Å²) >= 11 is 0. The Morgan fingerprint density at radius 1 is 1.20 bits per heavy atom. The van der Waals surface area contributed by atoms with Gasteiger partial charge in [-0.1, -0.05) is 0 Å². The summed E-state index contributed by atoms with van der Waals surface area (Å²) in [5, 5.41) is 0. The molecule has 0 unspecified atom stereocenters. The first kappa shape index (κ1) is 13.7. The summed E-state index contributed by atoms with van der Waals surface area (Å²) in [7, 11) is 1.50. The third-order valence-corrected chi connectivity index (χ3v) is 2.72. The van der Waals surface area contributed by atoms with Gasteiger partial charge >= 0.3 is 0 Å². The number of aryl methyl sites for hydroxylation is 1. The molecule has 1 aromatic heterocycles. The number of primary amides is 1. The Labute approximate surface area is 116 Å². The van der Waals surface area contributed by atoms with E-state index < -0.39 is 5.91 Å². The molecule has 0 aliphatic rings. The molecule has 2 aromatic rings. The van der Waals surface area contributed by atoms with Crippen LogP contribution in [0.2, 0.25) is 0 Å². The molecular weight excluding hydrogens is 258 g/mol. The number of anilines is 1. The molecule has 0 aliphatic carbocycles. The molecule has 1 amide bonds. The van der Waals surface area contributed by atoms with Crippen molar-refractivity contribution in [3.63, 3.8) is 0 Å². The number of nitrogen functional groups attached to an aromatic ring is 1. The summed E-state index contributed by atoms with van der Waals surface area (Å²) in [6.45, 7) is 1.78. The van der Waals surface area contributed by atoms with Crippen LogP contribution in [-0.2, 0) is 0 Å². The third-order valence-electron chi connectivity index (χ3n) is 2.72. The van der Waals surface area contributed by atoms with Gasteiger partial charge in [-0.2, -0.15) is 0 Å². The number of hydrogen-bond acceptors (Lipinski definition) is 5. The van der Waals surface area contributed by atoms with E-state index in [1.165, 1.54) is 19.2 Å². The van der Waals surface area contributed by atoms with Crippen molar-refractivity contribution < 1.29 is 14.3 Å². The Morgan fingerprint density at radius 3 is 2.50 bits per heavy atom. The molecule has 0 saturated carbocycles. The molecule has 6 nitrogen and oxygen atoms in total. The molecular formula is C14H15N3O3. The molecule has 1 aromatic carbocycles. The van der Waals surface area contributed by atoms with Crippen LogP contribution in [0.5, 0.6) is 17.4 Å². The van der Waals surface area contributed by atoms with Crippen molar-refractivity contribution in [3.05, 3.63) is 41.6 Å². The Hall–Kier alpha value is -2.76. The van der Waals surface area contributed by atoms with Gasteiger partial charge in [-0.05, 0) is 25.1 Å². The number of rotatable bonds is 4. The predicted octanol–water partition coefficient (Wildman–Crippen LogP) is 1.87. The number of nitrogens with zero attached hydrogens (tertiary/aromatic N) is 1. The van der Waals surface area contributed by atoms with Gasteiger partial charge in [0.25, 0.3) is 0 Å². The number of nitrogens with two attached hydrogens (primary N) is 2. The quantitative estimate of drug-likeness (QED) is 0.885. The Kier molecular flexibility index (Phi) is 3.74. The number of amides is 1. The molecule has 1 heterocycles. The molecule has 6 heteroatoms. The minimum Gasteiger partial charge on any atom is -0.497 e. The zero-order valence-electron chi connectivity index (χ0n) is 11.2. The van der Waals surface area contributed by atoms with Crippen LogP contribution in [0.4, 0.5) is 5.69 Å². The van der Waals surface area contributed by atoms with Gasteiger partial charge in [0.05, 0.1) is 18.5 Å². The minimum absolute atomic E-state index is 0.298. The molecule has 0 bridgehead atoms. The van der Waals surface area contributed by atoms with E-state index in [9.17, 15) is 4.79 Å². The average Bonchev–Trinajstić information content (AvgIpc) is 2.42. The smallest absolute Gasteiger partial charge is 0.248 e. The van der Waals surface area contributed by atoms with Crippen LogP contribution in [0, 0.1) is 6.92 Å². The second kappa shape index (κ2) is 5.48. The maximum absolute atomic E-state index is 11.3. The summed E-state index contributed by atoms with van der Waals surface area (Å²) in [6, 6.07) is 8.05. The number of benzene rings is 1. The van der Waals surface area contributed by atoms with E-state index in [0.29, 0.717) is 34.3 Å². The van der Waals surface area contributed by atoms with E-state index in [4.69, 9.17) is 20.9 Å². The molecule has 0 spiro atoms. The summed E-state index contributed by atoms with van der Waals surface area (Å²) in [4.78, 5) is 15.4. The number of carbonyl (C=O) groups excluding carboxylic acids is 1. The summed E-state index contributed by atoms with van der Waals surface area (Å²) < 4.78 is 10.7. The highest BCUT2D eigenvalue weighted by molar-refractivity contribution is 5.93. The SMILES string of the molecule is COc1cc(Oc2ccc(N)c(C)n2)cc(C(N)=O)c1. The van der Waals surface area contributed by atoms with Crippen LogP contribution >= 0.6 is 0 Å². The van der Waals surface area contributed by atoms with Crippen LogP contribution in [0.15, 0.2) is 30.3 Å². The average molecular weight is 273 g/mol. The molecule has 0 atom stereocenters. The van der Waals surface area contributed by atoms with E-state index >= 15 is 0 Å². The summed E-state index contributed by atoms with van der Waals surface area (Å²) in [5.74, 6) is 0.703. The van der Waals surface area contributed by atoms with Crippen molar-refractivity contribution in [2.24, 2.45) is 5.73 Å². The lowest BCUT2D eigenvalue weighted by molar-refractivity contribution is 0.0999. The molecule has 2 rings (SSSR count). The lowest BCUT2D eigenvalue weighted by atomic mass is 10.2. The second-order valence-electron chi connectivity index (χ2n) is 4.19. The first-order chi connectivity index (χ1) is 9.49. The lowest BCUT2D eigenvalue weighted by Crippen LogP contribution is -2.11. The first-order valence-corrected chi connectivity index (χ1v) is 5.89. The zero-order chi connectivity index (χ0) is 14.7. The van der Waals surface area contributed by atoms with Crippen molar-refractivity contribution in [3.8, 4) is 17.4 Å². The van der Waals surface area contributed by atoms with Crippen LogP contribution in [0.25, 0.3) is 0 Å². The molecule has 0 radical (unpaired) electrons. The molecule has 0 fully saturated rings. The van der Waals surface area contributed by atoms with Crippen molar-refractivity contribution in [2.75, 3.05) is 12.8 Å². The normalized spacial score (nSPS) is 10.1. The van der Waals surface area contributed by atoms with Crippen molar-refractivity contribution in [1.82, 2.24) is 4.98 Å². The molecule has 0 aliphatic heterocycles. The maximum atomic E-state index is 11.3. The fraction of sp³-hybridized carbons (Fsp3) is 0.143. The third kappa shape index (κ3) is 2.97. The van der Waals surface area contributed by atoms with E-state index in [0.717, 1.165) is 0 Å². The monoisotopic (exact) mass is 273 g/mol. The molecule has 0 saturated heterocycles. The Morgan fingerprint density at radius 2 is 1.90 bits per heavy atom. The molecule has 20 heavy (non-hydrogen) atoms. The topological polar surface area (TPSA) is 100 Å². The van der Waals surface area contributed by atoms with E-state index in [-0.39, 0.29) is 0 Å². The van der Waals surface area contributed by atoms with E-state index in [2.05, 4.69) is 4.98 Å². The molecule has 104 valence electrons. The number of methoxy groups -OCH3 is 1. The number of hydrogen-bond donors (Lipinski definition) is 2. The summed E-state index contributed by atoms with van der Waals surface area (Å²) in [5.41, 5.74) is 12.5. The second-order valence-corrected chi connectivity index (χ2v) is 4.19. The van der Waals surface area contributed by atoms with Crippen LogP contribution in [0.1, 0.15) is 16.1 Å². The van der Waals surface area contributed by atoms with Crippen LogP contribution in [-0.4, -0.2) is 18.0 Å². The van der Waals surface area contributed by atoms with Gasteiger partial charge in [-0.25, -0.2) is 4.98 Å². The minimum atomic E-state index is -0.560. The van der Waals surface area contributed by atoms with Gasteiger partial charge in [0.2, 0.25) is 11.8 Å². The van der Waals surface area contributed by atoms with E-state index in [1.807, 2.05) is 0 Å². The highest BCUT2D eigenvalue weighted by atomic mass is 16.5. The fourth-order valence-electron chi connectivity index (χ4n) is 1.62. The maximum Gasteiger partial charge on any atom is 0.248 e. The number of ether oxygens (including phenoxy) is 2. The zero-order valence-corrected chi connectivity index (χ0v) is 11.2. The van der Waals surface area contributed by atoms with Gasteiger partial charge in [-0.15, -0.1) is 0 Å². The van der Waals surface area contributed by atoms with Gasteiger partial charge in [0.15, 0.2) is 0 Å². The van der Waals surface area contributed by atoms with Gasteiger partial charge in [0.1, 0.15) is 11.5 Å². The summed E-state index contributed by atoms with van der Waals surface area (Å²) in [6.07, 6.45) is 0. The van der Waals surface area contributed by atoms with Gasteiger partial charge in [-0.3, -0.25) is 4.79 Å². The van der Waals surface area contributed by atoms with Crippen molar-refractivity contribution in [1.29, 1.82) is 0 Å². The number of carbonyl (C=O) groups is 1.